The van der Waals surface area contributed by atoms with Gasteiger partial charge in [0.1, 0.15) is 12.2 Å². The van der Waals surface area contributed by atoms with Crippen LogP contribution in [0.1, 0.15) is 59.4 Å². The lowest BCUT2D eigenvalue weighted by Crippen LogP contribution is -2.52. The number of carbonyl (C=O) groups is 2. The van der Waals surface area contributed by atoms with Crippen LogP contribution in [0.5, 0.6) is 0 Å². The first-order valence-electron chi connectivity index (χ1n) is 11.9. The number of hydrogen-bond acceptors (Lipinski definition) is 5. The van der Waals surface area contributed by atoms with Crippen molar-refractivity contribution in [3.05, 3.63) is 35.9 Å². The Morgan fingerprint density at radius 1 is 1.06 bits per heavy atom. The Labute approximate surface area is 193 Å². The van der Waals surface area contributed by atoms with Gasteiger partial charge in [-0.25, -0.2) is 9.59 Å². The van der Waals surface area contributed by atoms with Crippen LogP contribution in [0.3, 0.4) is 0 Å². The van der Waals surface area contributed by atoms with Crippen LogP contribution in [0.2, 0.25) is 0 Å². The number of likely N-dealkylation sites (N-methyl/N-ethyl adjacent to an activating group) is 1. The van der Waals surface area contributed by atoms with Gasteiger partial charge in [-0.05, 0) is 58.7 Å². The molecule has 1 saturated heterocycles. The topological polar surface area (TPSA) is 62.3 Å². The zero-order valence-electron chi connectivity index (χ0n) is 20.5. The smallest absolute Gasteiger partial charge is 0.410 e. The summed E-state index contributed by atoms with van der Waals surface area (Å²) in [5.41, 5.74) is 0.398. The van der Waals surface area contributed by atoms with Crippen LogP contribution in [0.15, 0.2) is 30.3 Å². The van der Waals surface area contributed by atoms with Crippen LogP contribution >= 0.6 is 0 Å². The van der Waals surface area contributed by atoms with Gasteiger partial charge in [0.25, 0.3) is 0 Å². The molecule has 1 aliphatic heterocycles. The highest BCUT2D eigenvalue weighted by Gasteiger charge is 2.32. The third-order valence-electron chi connectivity index (χ3n) is 5.73. The Bertz CT molecular complexity index is 701. The highest BCUT2D eigenvalue weighted by Crippen LogP contribution is 2.21. The first-order valence-corrected chi connectivity index (χ1v) is 11.9. The second-order valence-corrected chi connectivity index (χ2v) is 9.34. The lowest BCUT2D eigenvalue weighted by atomic mass is 10.0. The maximum absolute atomic E-state index is 13.0. The molecule has 1 aliphatic rings. The van der Waals surface area contributed by atoms with E-state index in [-0.39, 0.29) is 24.8 Å². The van der Waals surface area contributed by atoms with Gasteiger partial charge in [-0.1, -0.05) is 44.2 Å². The van der Waals surface area contributed by atoms with Gasteiger partial charge >= 0.3 is 12.2 Å². The Kier molecular flexibility index (Phi) is 10.3. The number of ether oxygens (including phenoxy) is 2. The van der Waals surface area contributed by atoms with E-state index in [0.717, 1.165) is 44.5 Å². The first-order chi connectivity index (χ1) is 15.2. The van der Waals surface area contributed by atoms with Gasteiger partial charge in [0.2, 0.25) is 0 Å². The van der Waals surface area contributed by atoms with Gasteiger partial charge in [-0.3, -0.25) is 0 Å². The van der Waals surface area contributed by atoms with E-state index < -0.39 is 5.60 Å². The zero-order chi connectivity index (χ0) is 23.6. The Morgan fingerprint density at radius 3 is 2.38 bits per heavy atom. The van der Waals surface area contributed by atoms with Crippen molar-refractivity contribution in [2.45, 2.75) is 72.1 Å². The summed E-state index contributed by atoms with van der Waals surface area (Å²) < 4.78 is 11.3. The highest BCUT2D eigenvalue weighted by molar-refractivity contribution is 5.70. The van der Waals surface area contributed by atoms with Gasteiger partial charge < -0.3 is 24.2 Å². The van der Waals surface area contributed by atoms with E-state index in [1.165, 1.54) is 0 Å². The molecule has 180 valence electrons. The maximum Gasteiger partial charge on any atom is 0.410 e. The predicted molar refractivity (Wildman–Crippen MR) is 127 cm³/mol. The maximum atomic E-state index is 13.0. The third-order valence-corrected chi connectivity index (χ3v) is 5.73. The van der Waals surface area contributed by atoms with E-state index in [1.54, 1.807) is 9.80 Å². The molecule has 1 unspecified atom stereocenters. The van der Waals surface area contributed by atoms with Crippen LogP contribution in [0.25, 0.3) is 0 Å². The quantitative estimate of drug-likeness (QED) is 0.546. The van der Waals surface area contributed by atoms with Gasteiger partial charge in [0.15, 0.2) is 0 Å². The summed E-state index contributed by atoms with van der Waals surface area (Å²) in [5, 5.41) is 0. The molecule has 0 bridgehead atoms. The van der Waals surface area contributed by atoms with E-state index in [2.05, 4.69) is 18.7 Å². The van der Waals surface area contributed by atoms with Crippen molar-refractivity contribution in [2.75, 3.05) is 39.3 Å². The first kappa shape index (κ1) is 26.0. The van der Waals surface area contributed by atoms with Gasteiger partial charge in [-0.15, -0.1) is 0 Å². The molecule has 1 aromatic carbocycles. The fraction of sp³-hybridized carbons (Fsp3) is 0.680. The van der Waals surface area contributed by atoms with Crippen molar-refractivity contribution >= 4 is 12.2 Å². The van der Waals surface area contributed by atoms with Crippen molar-refractivity contribution < 1.29 is 19.1 Å². The lowest BCUT2D eigenvalue weighted by molar-refractivity contribution is 0.0119. The molecule has 1 aromatic rings. The summed E-state index contributed by atoms with van der Waals surface area (Å²) in [7, 11) is 0. The standard InChI is InChI=1S/C25H41N3O4/c1-6-26(7-2)17-18-27(23(29)32-25(3,4)5)19-22-15-11-12-16-28(22)24(30)31-20-21-13-9-8-10-14-21/h8-10,13-14,22H,6-7,11-12,15-20H2,1-5H3. The number of piperidine rings is 1. The fourth-order valence-corrected chi connectivity index (χ4v) is 3.87. The van der Waals surface area contributed by atoms with E-state index in [0.29, 0.717) is 19.6 Å². The van der Waals surface area contributed by atoms with E-state index in [1.807, 2.05) is 51.1 Å². The van der Waals surface area contributed by atoms with Crippen LogP contribution in [-0.4, -0.2) is 77.8 Å². The van der Waals surface area contributed by atoms with Crippen LogP contribution in [-0.2, 0) is 16.1 Å². The highest BCUT2D eigenvalue weighted by atomic mass is 16.6. The van der Waals surface area contributed by atoms with Crippen LogP contribution < -0.4 is 0 Å². The van der Waals surface area contributed by atoms with Crippen LogP contribution in [0.4, 0.5) is 9.59 Å². The van der Waals surface area contributed by atoms with Crippen molar-refractivity contribution in [1.82, 2.24) is 14.7 Å². The average Bonchev–Trinajstić information content (AvgIpc) is 2.77. The van der Waals surface area contributed by atoms with Crippen molar-refractivity contribution in [3.63, 3.8) is 0 Å². The van der Waals surface area contributed by atoms with E-state index >= 15 is 0 Å². The van der Waals surface area contributed by atoms with E-state index in [9.17, 15) is 9.59 Å². The minimum absolute atomic E-state index is 0.0729. The monoisotopic (exact) mass is 447 g/mol. The number of rotatable bonds is 9. The molecule has 0 spiro atoms. The molecule has 0 saturated carbocycles. The number of amides is 2. The Morgan fingerprint density at radius 2 is 1.75 bits per heavy atom. The molecule has 0 radical (unpaired) electrons. The average molecular weight is 448 g/mol. The summed E-state index contributed by atoms with van der Waals surface area (Å²) >= 11 is 0. The second-order valence-electron chi connectivity index (χ2n) is 9.34. The van der Waals surface area contributed by atoms with Gasteiger partial charge in [0.05, 0.1) is 6.04 Å². The lowest BCUT2D eigenvalue weighted by Gasteiger charge is -2.38. The summed E-state index contributed by atoms with van der Waals surface area (Å²) in [4.78, 5) is 31.7. The largest absolute Gasteiger partial charge is 0.445 e. The molecule has 1 heterocycles. The van der Waals surface area contributed by atoms with Gasteiger partial charge in [-0.2, -0.15) is 0 Å². The fourth-order valence-electron chi connectivity index (χ4n) is 3.87. The minimum Gasteiger partial charge on any atom is -0.445 e. The summed E-state index contributed by atoms with van der Waals surface area (Å²) in [6.07, 6.45) is 2.19. The molecule has 0 aromatic heterocycles. The molecule has 0 N–H and O–H groups in total. The zero-order valence-corrected chi connectivity index (χ0v) is 20.5. The third kappa shape index (κ3) is 8.69. The van der Waals surface area contributed by atoms with E-state index in [4.69, 9.17) is 9.47 Å². The summed E-state index contributed by atoms with van der Waals surface area (Å²) in [5.74, 6) is 0. The molecular weight excluding hydrogens is 406 g/mol. The SMILES string of the molecule is CCN(CC)CCN(CC1CCCCN1C(=O)OCc1ccccc1)C(=O)OC(C)(C)C. The van der Waals surface area contributed by atoms with Crippen molar-refractivity contribution in [3.8, 4) is 0 Å². The van der Waals surface area contributed by atoms with Crippen molar-refractivity contribution in [1.29, 1.82) is 0 Å². The number of nitrogens with zero attached hydrogens (tertiary/aromatic N) is 3. The molecular formula is C25H41N3O4. The normalized spacial score (nSPS) is 16.7. The van der Waals surface area contributed by atoms with Gasteiger partial charge in [0, 0.05) is 26.2 Å². The van der Waals surface area contributed by atoms with Crippen molar-refractivity contribution in [2.24, 2.45) is 0 Å². The van der Waals surface area contributed by atoms with Crippen LogP contribution in [0, 0.1) is 0 Å². The molecule has 7 heteroatoms. The minimum atomic E-state index is -0.564. The molecule has 1 atom stereocenters. The Balaban J connectivity index is 2.05. The molecule has 1 fully saturated rings. The molecule has 7 nitrogen and oxygen atoms in total. The predicted octanol–water partition coefficient (Wildman–Crippen LogP) is 4.76. The molecule has 2 rings (SSSR count). The summed E-state index contributed by atoms with van der Waals surface area (Å²) in [6, 6.07) is 9.62. The molecule has 0 aliphatic carbocycles. The number of hydrogen-bond donors (Lipinski definition) is 0. The molecule has 2 amide bonds. The number of likely N-dealkylation sites (tertiary alicyclic amines) is 1. The number of benzene rings is 1. The summed E-state index contributed by atoms with van der Waals surface area (Å²) in [6.45, 7) is 14.4. The molecule has 32 heavy (non-hydrogen) atoms. The number of carbonyl (C=O) groups excluding carboxylic acids is 2. The second kappa shape index (κ2) is 12.7. The Hall–Kier alpha value is -2.28.